The Morgan fingerprint density at radius 3 is 2.56 bits per heavy atom. The minimum Gasteiger partial charge on any atom is -0.326 e. The Kier molecular flexibility index (Phi) is 3.42. The van der Waals surface area contributed by atoms with Crippen LogP contribution in [-0.2, 0) is 6.54 Å². The van der Waals surface area contributed by atoms with E-state index in [-0.39, 0.29) is 0 Å². The lowest BCUT2D eigenvalue weighted by molar-refractivity contribution is 1.06. The normalized spacial score (nSPS) is 10.4. The first-order chi connectivity index (χ1) is 7.72. The third-order valence-corrected chi connectivity index (χ3v) is 3.50. The largest absolute Gasteiger partial charge is 0.326 e. The maximum Gasteiger partial charge on any atom is 0.0220 e. The van der Waals surface area contributed by atoms with E-state index in [2.05, 4.69) is 65.3 Å². The quantitative estimate of drug-likeness (QED) is 0.885. The van der Waals surface area contributed by atoms with Crippen molar-refractivity contribution in [3.05, 3.63) is 58.1 Å². The lowest BCUT2D eigenvalue weighted by atomic mass is 9.99. The van der Waals surface area contributed by atoms with E-state index in [0.717, 1.165) is 10.0 Å². The van der Waals surface area contributed by atoms with Gasteiger partial charge in [0.15, 0.2) is 0 Å². The van der Waals surface area contributed by atoms with Crippen molar-refractivity contribution in [3.8, 4) is 11.1 Å². The van der Waals surface area contributed by atoms with Gasteiger partial charge in [0.2, 0.25) is 0 Å². The summed E-state index contributed by atoms with van der Waals surface area (Å²) < 4.78 is 1.08. The van der Waals surface area contributed by atoms with Gasteiger partial charge in [-0.05, 0) is 41.3 Å². The van der Waals surface area contributed by atoms with Crippen molar-refractivity contribution in [1.82, 2.24) is 0 Å². The molecular weight excluding hydrogens is 262 g/mol. The molecule has 2 rings (SSSR count). The standard InChI is InChI=1S/C14H14BrN/c1-10-4-2-3-5-13(10)11-6-7-14(15)12(8-11)9-16/h2-8H,9,16H2,1H3. The molecule has 1 nitrogen and oxygen atoms in total. The zero-order valence-corrected chi connectivity index (χ0v) is 10.8. The summed E-state index contributed by atoms with van der Waals surface area (Å²) in [5, 5.41) is 0. The molecule has 0 spiro atoms. The van der Waals surface area contributed by atoms with Crippen LogP contribution in [0.3, 0.4) is 0 Å². The molecule has 2 aromatic carbocycles. The van der Waals surface area contributed by atoms with Gasteiger partial charge in [-0.15, -0.1) is 0 Å². The molecule has 82 valence electrons. The van der Waals surface area contributed by atoms with Gasteiger partial charge in [-0.2, -0.15) is 0 Å². The molecule has 16 heavy (non-hydrogen) atoms. The van der Waals surface area contributed by atoms with Gasteiger partial charge >= 0.3 is 0 Å². The first-order valence-electron chi connectivity index (χ1n) is 5.27. The molecule has 0 amide bonds. The molecule has 0 atom stereocenters. The summed E-state index contributed by atoms with van der Waals surface area (Å²) in [6.07, 6.45) is 0. The van der Waals surface area contributed by atoms with E-state index in [1.165, 1.54) is 16.7 Å². The van der Waals surface area contributed by atoms with Crippen molar-refractivity contribution in [2.75, 3.05) is 0 Å². The zero-order valence-electron chi connectivity index (χ0n) is 9.20. The molecule has 2 heteroatoms. The Balaban J connectivity index is 2.53. The summed E-state index contributed by atoms with van der Waals surface area (Å²) >= 11 is 3.50. The zero-order chi connectivity index (χ0) is 11.5. The molecule has 0 radical (unpaired) electrons. The molecule has 0 heterocycles. The predicted molar refractivity (Wildman–Crippen MR) is 72.2 cm³/mol. The molecule has 0 aliphatic rings. The summed E-state index contributed by atoms with van der Waals surface area (Å²) in [4.78, 5) is 0. The van der Waals surface area contributed by atoms with Crippen LogP contribution >= 0.6 is 15.9 Å². The fourth-order valence-electron chi connectivity index (χ4n) is 1.80. The van der Waals surface area contributed by atoms with Crippen LogP contribution in [0.2, 0.25) is 0 Å². The SMILES string of the molecule is Cc1ccccc1-c1ccc(Br)c(CN)c1. The smallest absolute Gasteiger partial charge is 0.0220 e. The summed E-state index contributed by atoms with van der Waals surface area (Å²) in [6.45, 7) is 2.68. The monoisotopic (exact) mass is 275 g/mol. The molecule has 0 aliphatic heterocycles. The second-order valence-electron chi connectivity index (χ2n) is 3.83. The van der Waals surface area contributed by atoms with Gasteiger partial charge in [0.25, 0.3) is 0 Å². The van der Waals surface area contributed by atoms with Gasteiger partial charge in [-0.1, -0.05) is 46.3 Å². The van der Waals surface area contributed by atoms with Crippen molar-refractivity contribution < 1.29 is 0 Å². The lowest BCUT2D eigenvalue weighted by Gasteiger charge is -2.08. The number of hydrogen-bond donors (Lipinski definition) is 1. The molecule has 0 bridgehead atoms. The van der Waals surface area contributed by atoms with Crippen molar-refractivity contribution in [1.29, 1.82) is 0 Å². The van der Waals surface area contributed by atoms with Crippen LogP contribution < -0.4 is 5.73 Å². The number of nitrogens with two attached hydrogens (primary N) is 1. The summed E-state index contributed by atoms with van der Waals surface area (Å²) in [5.41, 5.74) is 10.6. The second-order valence-corrected chi connectivity index (χ2v) is 4.68. The molecule has 0 aliphatic carbocycles. The fraction of sp³-hybridized carbons (Fsp3) is 0.143. The van der Waals surface area contributed by atoms with E-state index in [1.54, 1.807) is 0 Å². The van der Waals surface area contributed by atoms with E-state index in [4.69, 9.17) is 5.73 Å². The Bertz CT molecular complexity index is 506. The third-order valence-electron chi connectivity index (χ3n) is 2.72. The number of rotatable bonds is 2. The highest BCUT2D eigenvalue weighted by Crippen LogP contribution is 2.27. The van der Waals surface area contributed by atoms with Crippen LogP contribution in [0.4, 0.5) is 0 Å². The van der Waals surface area contributed by atoms with E-state index < -0.39 is 0 Å². The van der Waals surface area contributed by atoms with Crippen molar-refractivity contribution in [2.45, 2.75) is 13.5 Å². The van der Waals surface area contributed by atoms with Gasteiger partial charge < -0.3 is 5.73 Å². The first-order valence-corrected chi connectivity index (χ1v) is 6.06. The lowest BCUT2D eigenvalue weighted by Crippen LogP contribution is -1.97. The summed E-state index contributed by atoms with van der Waals surface area (Å²) in [5.74, 6) is 0. The van der Waals surface area contributed by atoms with Crippen molar-refractivity contribution in [3.63, 3.8) is 0 Å². The highest BCUT2D eigenvalue weighted by atomic mass is 79.9. The Labute approximate surface area is 104 Å². The second kappa shape index (κ2) is 4.81. The average molecular weight is 276 g/mol. The van der Waals surface area contributed by atoms with Gasteiger partial charge in [-0.25, -0.2) is 0 Å². The van der Waals surface area contributed by atoms with Crippen molar-refractivity contribution in [2.24, 2.45) is 5.73 Å². The first kappa shape index (κ1) is 11.4. The topological polar surface area (TPSA) is 26.0 Å². The van der Waals surface area contributed by atoms with E-state index >= 15 is 0 Å². The van der Waals surface area contributed by atoms with Crippen LogP contribution in [0, 0.1) is 6.92 Å². The summed E-state index contributed by atoms with van der Waals surface area (Å²) in [6, 6.07) is 14.7. The molecule has 0 aromatic heterocycles. The van der Waals surface area contributed by atoms with Gasteiger partial charge in [-0.3, -0.25) is 0 Å². The molecule has 0 unspecified atom stereocenters. The number of benzene rings is 2. The highest BCUT2D eigenvalue weighted by Gasteiger charge is 2.04. The maximum atomic E-state index is 5.71. The average Bonchev–Trinajstić information content (AvgIpc) is 2.31. The molecule has 0 fully saturated rings. The molecular formula is C14H14BrN. The molecule has 0 saturated carbocycles. The Morgan fingerprint density at radius 1 is 1.12 bits per heavy atom. The molecule has 2 N–H and O–H groups in total. The maximum absolute atomic E-state index is 5.71. The van der Waals surface area contributed by atoms with Gasteiger partial charge in [0.05, 0.1) is 0 Å². The number of halogens is 1. The predicted octanol–water partition coefficient (Wildman–Crippen LogP) is 3.88. The van der Waals surface area contributed by atoms with Crippen LogP contribution in [0.25, 0.3) is 11.1 Å². The van der Waals surface area contributed by atoms with Crippen LogP contribution in [-0.4, -0.2) is 0 Å². The highest BCUT2D eigenvalue weighted by molar-refractivity contribution is 9.10. The van der Waals surface area contributed by atoms with Crippen LogP contribution in [0.15, 0.2) is 46.9 Å². The van der Waals surface area contributed by atoms with Gasteiger partial charge in [0.1, 0.15) is 0 Å². The Hall–Kier alpha value is -1.12. The summed E-state index contributed by atoms with van der Waals surface area (Å²) in [7, 11) is 0. The Morgan fingerprint density at radius 2 is 1.88 bits per heavy atom. The van der Waals surface area contributed by atoms with Crippen LogP contribution in [0.1, 0.15) is 11.1 Å². The third kappa shape index (κ3) is 2.18. The molecule has 0 saturated heterocycles. The minimum atomic E-state index is 0.556. The van der Waals surface area contributed by atoms with E-state index in [0.29, 0.717) is 6.54 Å². The van der Waals surface area contributed by atoms with E-state index in [9.17, 15) is 0 Å². The minimum absolute atomic E-state index is 0.556. The number of aryl methyl sites for hydroxylation is 1. The molecule has 2 aromatic rings. The fourth-order valence-corrected chi connectivity index (χ4v) is 2.20. The van der Waals surface area contributed by atoms with Gasteiger partial charge in [0, 0.05) is 11.0 Å². The van der Waals surface area contributed by atoms with Crippen LogP contribution in [0.5, 0.6) is 0 Å². The van der Waals surface area contributed by atoms with Crippen molar-refractivity contribution >= 4 is 15.9 Å². The van der Waals surface area contributed by atoms with E-state index in [1.807, 2.05) is 0 Å². The number of hydrogen-bond acceptors (Lipinski definition) is 1.